The van der Waals surface area contributed by atoms with Crippen LogP contribution in [0, 0.1) is 0 Å². The normalized spacial score (nSPS) is 18.9. The van der Waals surface area contributed by atoms with Crippen LogP contribution in [0.25, 0.3) is 11.1 Å². The standard InChI is InChI=1S/C29H29NO6/c1-4-5-6-12-30-21-9-7-8-19(18-10-11-22(32-2)24(13-18)33-3)27(21)29(28(30)31)16-34-23-15-26-25(14-20(23)29)35-17-36-26/h7-11,13-15H,4-6,12,16-17H2,1-3H3. The number of hydrogen-bond acceptors (Lipinski definition) is 6. The Balaban J connectivity index is 1.57. The minimum atomic E-state index is -0.971. The number of benzene rings is 3. The molecule has 0 saturated carbocycles. The topological polar surface area (TPSA) is 66.5 Å². The SMILES string of the molecule is CCCCCN1C(=O)C2(COc3cc4c(cc32)OCO4)c2c(-c3ccc(OC)c(OC)c3)cccc21. The Morgan fingerprint density at radius 1 is 0.917 bits per heavy atom. The Bertz CT molecular complexity index is 1350. The van der Waals surface area contributed by atoms with Gasteiger partial charge in [-0.3, -0.25) is 4.79 Å². The molecule has 186 valence electrons. The number of hydrogen-bond donors (Lipinski definition) is 0. The lowest BCUT2D eigenvalue weighted by Crippen LogP contribution is -2.43. The maximum Gasteiger partial charge on any atom is 0.245 e. The third-order valence-corrected chi connectivity index (χ3v) is 7.43. The van der Waals surface area contributed by atoms with Gasteiger partial charge in [0.25, 0.3) is 0 Å². The van der Waals surface area contributed by atoms with Crippen molar-refractivity contribution in [1.29, 1.82) is 0 Å². The van der Waals surface area contributed by atoms with Crippen molar-refractivity contribution in [3.63, 3.8) is 0 Å². The molecule has 0 bridgehead atoms. The van der Waals surface area contributed by atoms with Gasteiger partial charge in [-0.1, -0.05) is 38.0 Å². The second-order valence-electron chi connectivity index (χ2n) is 9.33. The second-order valence-corrected chi connectivity index (χ2v) is 9.33. The van der Waals surface area contributed by atoms with E-state index in [1.54, 1.807) is 14.2 Å². The molecule has 0 aromatic heterocycles. The van der Waals surface area contributed by atoms with Crippen LogP contribution in [-0.2, 0) is 10.2 Å². The molecule has 0 N–H and O–H groups in total. The van der Waals surface area contributed by atoms with Gasteiger partial charge in [-0.05, 0) is 41.8 Å². The molecule has 3 aromatic rings. The summed E-state index contributed by atoms with van der Waals surface area (Å²) in [4.78, 5) is 16.3. The highest BCUT2D eigenvalue weighted by atomic mass is 16.7. The number of ether oxygens (including phenoxy) is 5. The molecule has 1 atom stereocenters. The van der Waals surface area contributed by atoms with Gasteiger partial charge in [-0.25, -0.2) is 0 Å². The smallest absolute Gasteiger partial charge is 0.245 e. The average molecular weight is 488 g/mol. The molecule has 36 heavy (non-hydrogen) atoms. The van der Waals surface area contributed by atoms with Gasteiger partial charge in [0.05, 0.1) is 14.2 Å². The van der Waals surface area contributed by atoms with Crippen molar-refractivity contribution in [3.8, 4) is 39.9 Å². The molecule has 0 radical (unpaired) electrons. The lowest BCUT2D eigenvalue weighted by Gasteiger charge is -2.24. The van der Waals surface area contributed by atoms with Crippen LogP contribution < -0.4 is 28.6 Å². The Hall–Kier alpha value is -3.87. The van der Waals surface area contributed by atoms with Gasteiger partial charge in [-0.15, -0.1) is 0 Å². The lowest BCUT2D eigenvalue weighted by atomic mass is 9.74. The largest absolute Gasteiger partial charge is 0.493 e. The highest BCUT2D eigenvalue weighted by molar-refractivity contribution is 6.13. The summed E-state index contributed by atoms with van der Waals surface area (Å²) in [5.41, 5.74) is 3.65. The molecule has 0 aliphatic carbocycles. The molecule has 3 aliphatic heterocycles. The number of unbranched alkanes of at least 4 members (excludes halogenated alkanes) is 2. The zero-order valence-electron chi connectivity index (χ0n) is 20.8. The summed E-state index contributed by atoms with van der Waals surface area (Å²) in [6.45, 7) is 3.22. The number of amides is 1. The van der Waals surface area contributed by atoms with E-state index in [2.05, 4.69) is 13.0 Å². The number of rotatable bonds is 7. The highest BCUT2D eigenvalue weighted by Gasteiger charge is 2.58. The van der Waals surface area contributed by atoms with Gasteiger partial charge < -0.3 is 28.6 Å². The summed E-state index contributed by atoms with van der Waals surface area (Å²) in [5.74, 6) is 3.28. The molecule has 7 nitrogen and oxygen atoms in total. The average Bonchev–Trinajstić information content (AvgIpc) is 3.59. The van der Waals surface area contributed by atoms with E-state index in [4.69, 9.17) is 23.7 Å². The van der Waals surface area contributed by atoms with Crippen molar-refractivity contribution < 1.29 is 28.5 Å². The maximum absolute atomic E-state index is 14.4. The summed E-state index contributed by atoms with van der Waals surface area (Å²) in [5, 5.41) is 0. The summed E-state index contributed by atoms with van der Waals surface area (Å²) < 4.78 is 28.5. The Labute approximate surface area is 210 Å². The van der Waals surface area contributed by atoms with Crippen LogP contribution in [0.2, 0.25) is 0 Å². The fraction of sp³-hybridized carbons (Fsp3) is 0.345. The lowest BCUT2D eigenvalue weighted by molar-refractivity contribution is -0.122. The van der Waals surface area contributed by atoms with Crippen LogP contribution >= 0.6 is 0 Å². The third kappa shape index (κ3) is 3.15. The Kier molecular flexibility index (Phi) is 5.43. The number of nitrogens with zero attached hydrogens (tertiary/aromatic N) is 1. The van der Waals surface area contributed by atoms with E-state index in [9.17, 15) is 4.79 Å². The van der Waals surface area contributed by atoms with E-state index in [0.29, 0.717) is 35.3 Å². The molecular formula is C29H29NO6. The van der Waals surface area contributed by atoms with Crippen molar-refractivity contribution in [3.05, 3.63) is 59.7 Å². The number of carbonyl (C=O) groups is 1. The van der Waals surface area contributed by atoms with Crippen LogP contribution in [0.5, 0.6) is 28.7 Å². The van der Waals surface area contributed by atoms with Gasteiger partial charge in [0.15, 0.2) is 23.0 Å². The first-order chi connectivity index (χ1) is 17.6. The van der Waals surface area contributed by atoms with Crippen molar-refractivity contribution in [2.75, 3.05) is 39.1 Å². The van der Waals surface area contributed by atoms with E-state index in [0.717, 1.165) is 47.2 Å². The van der Waals surface area contributed by atoms with E-state index in [1.807, 2.05) is 47.4 Å². The molecule has 1 unspecified atom stereocenters. The summed E-state index contributed by atoms with van der Waals surface area (Å²) in [6, 6.07) is 15.8. The Morgan fingerprint density at radius 3 is 2.50 bits per heavy atom. The zero-order chi connectivity index (χ0) is 24.9. The fourth-order valence-electron chi connectivity index (χ4n) is 5.67. The van der Waals surface area contributed by atoms with Gasteiger partial charge >= 0.3 is 0 Å². The molecule has 0 fully saturated rings. The maximum atomic E-state index is 14.4. The van der Waals surface area contributed by atoms with Crippen LogP contribution in [-0.4, -0.2) is 40.1 Å². The number of methoxy groups -OCH3 is 2. The summed E-state index contributed by atoms with van der Waals surface area (Å²) in [6.07, 6.45) is 3.08. The third-order valence-electron chi connectivity index (χ3n) is 7.43. The number of anilines is 1. The number of fused-ring (bicyclic) bond motifs is 5. The zero-order valence-corrected chi connectivity index (χ0v) is 20.8. The summed E-state index contributed by atoms with van der Waals surface area (Å²) in [7, 11) is 3.25. The van der Waals surface area contributed by atoms with E-state index in [1.165, 1.54) is 0 Å². The van der Waals surface area contributed by atoms with Crippen molar-refractivity contribution in [2.24, 2.45) is 0 Å². The molecule has 1 amide bonds. The van der Waals surface area contributed by atoms with Gasteiger partial charge in [0, 0.05) is 29.4 Å². The monoisotopic (exact) mass is 487 g/mol. The van der Waals surface area contributed by atoms with Crippen LogP contribution in [0.15, 0.2) is 48.5 Å². The van der Waals surface area contributed by atoms with E-state index < -0.39 is 5.41 Å². The minimum Gasteiger partial charge on any atom is -0.493 e. The van der Waals surface area contributed by atoms with Gasteiger partial charge in [0.2, 0.25) is 12.7 Å². The van der Waals surface area contributed by atoms with Crippen molar-refractivity contribution >= 4 is 11.6 Å². The quantitative estimate of drug-likeness (QED) is 0.421. The van der Waals surface area contributed by atoms with Crippen LogP contribution in [0.4, 0.5) is 5.69 Å². The molecule has 7 heteroatoms. The molecule has 1 spiro atoms. The predicted octanol–water partition coefficient (Wildman–Crippen LogP) is 5.31. The van der Waals surface area contributed by atoms with E-state index in [-0.39, 0.29) is 19.3 Å². The molecule has 0 saturated heterocycles. The van der Waals surface area contributed by atoms with Crippen molar-refractivity contribution in [2.45, 2.75) is 31.6 Å². The Morgan fingerprint density at radius 2 is 1.72 bits per heavy atom. The molecule has 3 aromatic carbocycles. The molecule has 6 rings (SSSR count). The van der Waals surface area contributed by atoms with Gasteiger partial charge in [-0.2, -0.15) is 0 Å². The van der Waals surface area contributed by atoms with Crippen LogP contribution in [0.1, 0.15) is 37.3 Å². The second kappa shape index (κ2) is 8.66. The fourth-order valence-corrected chi connectivity index (χ4v) is 5.67. The van der Waals surface area contributed by atoms with Crippen LogP contribution in [0.3, 0.4) is 0 Å². The van der Waals surface area contributed by atoms with E-state index >= 15 is 0 Å². The van der Waals surface area contributed by atoms with Gasteiger partial charge in [0.1, 0.15) is 17.8 Å². The highest BCUT2D eigenvalue weighted by Crippen LogP contribution is 2.57. The molecule has 3 aliphatic rings. The first-order valence-electron chi connectivity index (χ1n) is 12.4. The summed E-state index contributed by atoms with van der Waals surface area (Å²) >= 11 is 0. The first-order valence-corrected chi connectivity index (χ1v) is 12.4. The minimum absolute atomic E-state index is 0.0409. The predicted molar refractivity (Wildman–Crippen MR) is 136 cm³/mol. The molecule has 3 heterocycles. The van der Waals surface area contributed by atoms with Crippen molar-refractivity contribution in [1.82, 2.24) is 0 Å². The number of carbonyl (C=O) groups excluding carboxylic acids is 1. The first kappa shape index (κ1) is 22.6. The molecular weight excluding hydrogens is 458 g/mol.